The van der Waals surface area contributed by atoms with Crippen molar-refractivity contribution >= 4 is 43.7 Å². The quantitative estimate of drug-likeness (QED) is 0.376. The van der Waals surface area contributed by atoms with Crippen molar-refractivity contribution in [3.05, 3.63) is 50.4 Å². The molecule has 6 nitrogen and oxygen atoms in total. The van der Waals surface area contributed by atoms with Gasteiger partial charge in [-0.1, -0.05) is 27.7 Å². The Bertz CT molecular complexity index is 920. The molecule has 2 rings (SSSR count). The van der Waals surface area contributed by atoms with Crippen LogP contribution < -0.4 is 10.1 Å². The van der Waals surface area contributed by atoms with E-state index < -0.39 is 17.9 Å². The van der Waals surface area contributed by atoms with Crippen LogP contribution in [-0.4, -0.2) is 28.1 Å². The van der Waals surface area contributed by atoms with Crippen molar-refractivity contribution in [1.29, 1.82) is 0 Å². The van der Waals surface area contributed by atoms with E-state index in [9.17, 15) is 19.8 Å². The molecule has 0 saturated carbocycles. The van der Waals surface area contributed by atoms with E-state index >= 15 is 0 Å². The molecule has 0 heterocycles. The molecule has 0 radical (unpaired) electrons. The van der Waals surface area contributed by atoms with Crippen LogP contribution in [0.5, 0.6) is 17.2 Å². The van der Waals surface area contributed by atoms with E-state index in [0.717, 1.165) is 5.56 Å². The summed E-state index contributed by atoms with van der Waals surface area (Å²) >= 11 is 6.84. The number of amides is 1. The Morgan fingerprint density at radius 3 is 2.17 bits per heavy atom. The molecule has 8 heteroatoms. The van der Waals surface area contributed by atoms with Crippen LogP contribution >= 0.6 is 31.9 Å². The summed E-state index contributed by atoms with van der Waals surface area (Å²) in [5.74, 6) is -0.0915. The minimum Gasteiger partial charge on any atom is -0.508 e. The molecule has 162 valence electrons. The zero-order chi connectivity index (χ0) is 22.6. The number of aliphatic carboxylic acids is 1. The van der Waals surface area contributed by atoms with Gasteiger partial charge in [0.15, 0.2) is 5.75 Å². The molecule has 30 heavy (non-hydrogen) atoms. The molecule has 0 bridgehead atoms. The fraction of sp³-hybridized carbons (Fsp3) is 0.364. The molecule has 0 aromatic heterocycles. The average Bonchev–Trinajstić information content (AvgIpc) is 2.64. The second kappa shape index (κ2) is 10.3. The molecule has 1 amide bonds. The van der Waals surface area contributed by atoms with Crippen LogP contribution in [0.4, 0.5) is 0 Å². The molecule has 0 aliphatic heterocycles. The lowest BCUT2D eigenvalue weighted by molar-refractivity contribution is -0.139. The highest BCUT2D eigenvalue weighted by Crippen LogP contribution is 2.39. The Hall–Kier alpha value is -2.06. The van der Waals surface area contributed by atoms with E-state index in [-0.39, 0.29) is 17.6 Å². The summed E-state index contributed by atoms with van der Waals surface area (Å²) in [4.78, 5) is 24.0. The fourth-order valence-corrected chi connectivity index (χ4v) is 4.25. The van der Waals surface area contributed by atoms with Crippen molar-refractivity contribution in [2.45, 2.75) is 46.1 Å². The van der Waals surface area contributed by atoms with Crippen molar-refractivity contribution in [1.82, 2.24) is 5.32 Å². The van der Waals surface area contributed by atoms with Gasteiger partial charge in [0.1, 0.15) is 17.5 Å². The van der Waals surface area contributed by atoms with E-state index in [1.165, 1.54) is 0 Å². The van der Waals surface area contributed by atoms with Crippen molar-refractivity contribution < 1.29 is 24.5 Å². The number of rotatable bonds is 8. The zero-order valence-corrected chi connectivity index (χ0v) is 20.4. The summed E-state index contributed by atoms with van der Waals surface area (Å²) in [6.07, 6.45) is 0.337. The first-order valence-electron chi connectivity index (χ1n) is 9.53. The molecule has 0 aliphatic rings. The zero-order valence-electron chi connectivity index (χ0n) is 17.2. The number of halogens is 2. The molecular formula is C22H25Br2NO5. The predicted octanol–water partition coefficient (Wildman–Crippen LogP) is 6.06. The number of hydrogen-bond donors (Lipinski definition) is 3. The van der Waals surface area contributed by atoms with E-state index in [4.69, 9.17) is 4.74 Å². The first-order valence-corrected chi connectivity index (χ1v) is 11.1. The number of carbonyl (C=O) groups excluding carboxylic acids is 1. The average molecular weight is 543 g/mol. The van der Waals surface area contributed by atoms with Gasteiger partial charge in [0.25, 0.3) is 5.91 Å². The molecule has 0 spiro atoms. The van der Waals surface area contributed by atoms with Crippen molar-refractivity contribution in [2.75, 3.05) is 0 Å². The van der Waals surface area contributed by atoms with Gasteiger partial charge in [-0.15, -0.1) is 0 Å². The van der Waals surface area contributed by atoms with Crippen LogP contribution in [0.15, 0.2) is 39.3 Å². The second-order valence-electron chi connectivity index (χ2n) is 7.74. The van der Waals surface area contributed by atoms with Crippen LogP contribution in [-0.2, 0) is 4.79 Å². The standard InChI is InChI=1S/C22H25Br2NO5/c1-11(2)7-18(22(28)29)25-21(27)13-8-16(23)20(17(24)9-13)30-14-5-6-19(26)15(10-14)12(3)4/h5-6,8-12,18,26H,7H2,1-4H3,(H,25,27)(H,28,29)/t18-/m0/s1. The molecule has 0 saturated heterocycles. The van der Waals surface area contributed by atoms with Crippen molar-refractivity contribution in [3.8, 4) is 17.2 Å². The molecule has 3 N–H and O–H groups in total. The van der Waals surface area contributed by atoms with Gasteiger partial charge in [-0.3, -0.25) is 4.79 Å². The molecular weight excluding hydrogens is 518 g/mol. The van der Waals surface area contributed by atoms with Crippen LogP contribution in [0.2, 0.25) is 0 Å². The molecule has 2 aromatic carbocycles. The number of hydrogen-bond acceptors (Lipinski definition) is 4. The molecule has 1 atom stereocenters. The summed E-state index contributed by atoms with van der Waals surface area (Å²) in [6, 6.07) is 7.20. The number of carboxylic acids is 1. The first-order chi connectivity index (χ1) is 14.0. The van der Waals surface area contributed by atoms with Gasteiger partial charge in [0.2, 0.25) is 0 Å². The maximum absolute atomic E-state index is 12.6. The van der Waals surface area contributed by atoms with Gasteiger partial charge < -0.3 is 20.3 Å². The van der Waals surface area contributed by atoms with Crippen LogP contribution in [0, 0.1) is 5.92 Å². The summed E-state index contributed by atoms with van der Waals surface area (Å²) in [5.41, 5.74) is 1.06. The lowest BCUT2D eigenvalue weighted by Crippen LogP contribution is -2.41. The number of benzene rings is 2. The molecule has 0 unspecified atom stereocenters. The van der Waals surface area contributed by atoms with Crippen LogP contribution in [0.25, 0.3) is 0 Å². The third-order valence-electron chi connectivity index (χ3n) is 4.41. The number of phenols is 1. The predicted molar refractivity (Wildman–Crippen MR) is 122 cm³/mol. The first kappa shape index (κ1) is 24.2. The summed E-state index contributed by atoms with van der Waals surface area (Å²) in [5, 5.41) is 21.9. The van der Waals surface area contributed by atoms with Crippen LogP contribution in [0.3, 0.4) is 0 Å². The maximum atomic E-state index is 12.6. The summed E-state index contributed by atoms with van der Waals surface area (Å²) in [6.45, 7) is 7.74. The van der Waals surface area contributed by atoms with Gasteiger partial charge in [-0.2, -0.15) is 0 Å². The highest BCUT2D eigenvalue weighted by molar-refractivity contribution is 9.11. The maximum Gasteiger partial charge on any atom is 0.326 e. The highest BCUT2D eigenvalue weighted by atomic mass is 79.9. The highest BCUT2D eigenvalue weighted by Gasteiger charge is 2.23. The van der Waals surface area contributed by atoms with E-state index in [1.807, 2.05) is 27.7 Å². The van der Waals surface area contributed by atoms with E-state index in [0.29, 0.717) is 32.4 Å². The van der Waals surface area contributed by atoms with E-state index in [2.05, 4.69) is 37.2 Å². The summed E-state index contributed by atoms with van der Waals surface area (Å²) < 4.78 is 7.01. The molecule has 2 aromatic rings. The van der Waals surface area contributed by atoms with Crippen molar-refractivity contribution in [3.63, 3.8) is 0 Å². The number of ether oxygens (including phenoxy) is 1. The number of nitrogens with one attached hydrogen (secondary N) is 1. The molecule has 0 aliphatic carbocycles. The summed E-state index contributed by atoms with van der Waals surface area (Å²) in [7, 11) is 0. The fourth-order valence-electron chi connectivity index (χ4n) is 2.90. The van der Waals surface area contributed by atoms with Crippen molar-refractivity contribution in [2.24, 2.45) is 5.92 Å². The minimum atomic E-state index is -1.07. The van der Waals surface area contributed by atoms with Gasteiger partial charge >= 0.3 is 5.97 Å². The Morgan fingerprint density at radius 2 is 1.67 bits per heavy atom. The monoisotopic (exact) mass is 541 g/mol. The lowest BCUT2D eigenvalue weighted by Gasteiger charge is -2.17. The second-order valence-corrected chi connectivity index (χ2v) is 9.45. The Labute approximate surface area is 192 Å². The van der Waals surface area contributed by atoms with Gasteiger partial charge in [0, 0.05) is 11.1 Å². The Morgan fingerprint density at radius 1 is 1.07 bits per heavy atom. The number of carbonyl (C=O) groups is 2. The number of carboxylic acid groups (broad SMARTS) is 1. The van der Waals surface area contributed by atoms with Crippen LogP contribution in [0.1, 0.15) is 56.0 Å². The normalized spacial score (nSPS) is 12.1. The lowest BCUT2D eigenvalue weighted by atomic mass is 10.0. The van der Waals surface area contributed by atoms with Gasteiger partial charge in [-0.25, -0.2) is 4.79 Å². The van der Waals surface area contributed by atoms with E-state index in [1.54, 1.807) is 30.3 Å². The Balaban J connectivity index is 2.26. The Kier molecular flexibility index (Phi) is 8.32. The largest absolute Gasteiger partial charge is 0.508 e. The SMILES string of the molecule is CC(C)C[C@H](NC(=O)c1cc(Br)c(Oc2ccc(O)c(C(C)C)c2)c(Br)c1)C(=O)O. The minimum absolute atomic E-state index is 0.125. The smallest absolute Gasteiger partial charge is 0.326 e. The van der Waals surface area contributed by atoms with Gasteiger partial charge in [0.05, 0.1) is 8.95 Å². The topological polar surface area (TPSA) is 95.9 Å². The number of phenolic OH excluding ortho intramolecular Hbond substituents is 1. The third-order valence-corrected chi connectivity index (χ3v) is 5.59. The number of aromatic hydroxyl groups is 1. The third kappa shape index (κ3) is 6.22. The van der Waals surface area contributed by atoms with Gasteiger partial charge in [-0.05, 0) is 80.4 Å². The molecule has 0 fully saturated rings.